The lowest BCUT2D eigenvalue weighted by Gasteiger charge is -2.60. The molecule has 0 radical (unpaired) electrons. The summed E-state index contributed by atoms with van der Waals surface area (Å²) < 4.78 is 97.3. The Labute approximate surface area is 304 Å². The minimum atomic E-state index is -5.15. The zero-order valence-corrected chi connectivity index (χ0v) is 42.0. The predicted octanol–water partition coefficient (Wildman–Crippen LogP) is -1.14. The highest BCUT2D eigenvalue weighted by Gasteiger charge is 2.92. The zero-order chi connectivity index (χ0) is 38.1. The average molecular weight is 932 g/mol. The Morgan fingerprint density at radius 1 is 0.320 bits per heavy atom. The Bertz CT molecular complexity index is 963. The summed E-state index contributed by atoms with van der Waals surface area (Å²) in [5.41, 5.74) is 0. The predicted molar refractivity (Wildman–Crippen MR) is 189 cm³/mol. The molecule has 6 aliphatic rings. The molecule has 0 aromatic carbocycles. The maximum absolute atomic E-state index is 11.0. The van der Waals surface area contributed by atoms with Crippen LogP contribution in [0, 0.1) is 0 Å². The first kappa shape index (κ1) is 44.4. The van der Waals surface area contributed by atoms with Crippen LogP contribution in [0.25, 0.3) is 0 Å². The summed E-state index contributed by atoms with van der Waals surface area (Å²) in [6.07, 6.45) is 2.56. The van der Waals surface area contributed by atoms with Crippen LogP contribution in [0.2, 0.25) is 78.6 Å². The molecule has 0 spiro atoms. The lowest BCUT2D eigenvalue weighted by Crippen LogP contribution is -2.93. The average Bonchev–Trinajstić information content (AvgIpc) is 3.27. The van der Waals surface area contributed by atoms with Gasteiger partial charge in [0, 0.05) is 13.2 Å². The third-order valence-corrected chi connectivity index (χ3v) is 41.3. The molecular formula is C16H50O22Si12. The van der Waals surface area contributed by atoms with E-state index in [4.69, 9.17) is 66.5 Å². The normalized spacial score (nSPS) is 38.0. The van der Waals surface area contributed by atoms with Gasteiger partial charge in [-0.1, -0.05) is 0 Å². The van der Waals surface area contributed by atoms with Crippen molar-refractivity contribution in [2.75, 3.05) is 13.2 Å². The van der Waals surface area contributed by atoms with Gasteiger partial charge in [-0.15, -0.1) is 0 Å². The van der Waals surface area contributed by atoms with Gasteiger partial charge < -0.3 is 95.2 Å². The number of ether oxygens (including phenoxy) is 1. The number of hydrogen-bond acceptors (Lipinski definition) is 22. The second-order valence-electron chi connectivity index (χ2n) is 14.5. The molecule has 0 amide bonds. The zero-order valence-electron chi connectivity index (χ0n) is 30.0. The van der Waals surface area contributed by atoms with E-state index in [1.54, 1.807) is 0 Å². The van der Waals surface area contributed by atoms with Crippen molar-refractivity contribution >= 4 is 106 Å². The summed E-state index contributed by atoms with van der Waals surface area (Å²) in [4.78, 5) is 66.1. The highest BCUT2D eigenvalue weighted by molar-refractivity contribution is 7.02. The molecule has 6 aliphatic heterocycles. The molecule has 0 unspecified atom stereocenters. The summed E-state index contributed by atoms with van der Waals surface area (Å²) in [5, 5.41) is 0. The van der Waals surface area contributed by atoms with Crippen molar-refractivity contribution < 1.29 is 95.2 Å². The fourth-order valence-electron chi connectivity index (χ4n) is 4.47. The second-order valence-corrected chi connectivity index (χ2v) is 50.1. The van der Waals surface area contributed by atoms with E-state index in [1.807, 2.05) is 0 Å². The van der Waals surface area contributed by atoms with Crippen LogP contribution in [0.4, 0.5) is 0 Å². The molecule has 294 valence electrons. The molecule has 6 bridgehead atoms. The van der Waals surface area contributed by atoms with E-state index in [9.17, 15) is 28.8 Å². The number of rotatable bonds is 12. The molecule has 6 fully saturated rings. The van der Waals surface area contributed by atoms with E-state index in [2.05, 4.69) is 0 Å². The molecule has 22 nitrogen and oxygen atoms in total. The van der Waals surface area contributed by atoms with Crippen LogP contribution in [-0.4, -0.2) is 148 Å². The molecule has 0 aromatic heterocycles. The third kappa shape index (κ3) is 12.6. The minimum Gasteiger partial charge on any atom is -0.411 e. The standard InChI is InChI=1S/C12H42O21Si12.C4H8O/c1-34(2,13)19-40-25-41(20-35(3,4)14)27-42(26-40,21-36(5,6)15)33-45(24-39(11,12)18)29-43(31-40,22-37(7,8)16)28-44(30-45,32-41)23-38(9,10)17;1-2-4-5-3-1/h13-18H,1-12H3;1-4H2. The maximum atomic E-state index is 11.0. The third-order valence-electron chi connectivity index (χ3n) is 5.33. The molecule has 0 atom stereocenters. The van der Waals surface area contributed by atoms with Gasteiger partial charge in [0.25, 0.3) is 0 Å². The van der Waals surface area contributed by atoms with Gasteiger partial charge in [-0.05, 0) is 91.4 Å². The summed E-state index contributed by atoms with van der Waals surface area (Å²) in [6.45, 7) is 18.1. The van der Waals surface area contributed by atoms with E-state index in [-0.39, 0.29) is 0 Å². The van der Waals surface area contributed by atoms with Gasteiger partial charge in [0.05, 0.1) is 0 Å². The minimum absolute atomic E-state index is 1.00. The SMILES string of the molecule is C1CCOC1.C[Si](C)(O)O[Si]12O[Si]3(O[Si](C)(C)O)O[Si](O[Si](C)(C)O)(O1)O[Si]1(O[Si](C)(C)O)O[Si](O[Si](C)(C)O)(O[Si](O[Si](C)(C)O)(O1)O3)O2. The first-order chi connectivity index (χ1) is 22.1. The monoisotopic (exact) mass is 930 g/mol. The highest BCUT2D eigenvalue weighted by Crippen LogP contribution is 2.51. The summed E-state index contributed by atoms with van der Waals surface area (Å²) in [6, 6.07) is 0. The largest absolute Gasteiger partial charge is 0.653 e. The molecule has 6 rings (SSSR count). The Hall–Kier alpha value is 1.72. The molecule has 50 heavy (non-hydrogen) atoms. The molecule has 6 saturated heterocycles. The molecule has 0 saturated carbocycles. The first-order valence-electron chi connectivity index (χ1n) is 15.5. The van der Waals surface area contributed by atoms with Crippen molar-refractivity contribution in [3.05, 3.63) is 0 Å². The van der Waals surface area contributed by atoms with Crippen LogP contribution in [-0.2, 0) is 66.5 Å². The highest BCUT2D eigenvalue weighted by atomic mass is 28.7. The molecule has 0 aliphatic carbocycles. The van der Waals surface area contributed by atoms with Gasteiger partial charge in [-0.2, -0.15) is 0 Å². The van der Waals surface area contributed by atoms with Crippen molar-refractivity contribution in [1.29, 1.82) is 0 Å². The van der Waals surface area contributed by atoms with Crippen molar-refractivity contribution in [3.63, 3.8) is 0 Å². The van der Waals surface area contributed by atoms with E-state index < -0.39 is 106 Å². The lowest BCUT2D eigenvalue weighted by molar-refractivity contribution is -0.136. The van der Waals surface area contributed by atoms with Crippen LogP contribution in [0.3, 0.4) is 0 Å². The topological polar surface area (TPSA) is 269 Å². The van der Waals surface area contributed by atoms with Crippen LogP contribution < -0.4 is 0 Å². The second kappa shape index (κ2) is 14.3. The molecule has 6 N–H and O–H groups in total. The van der Waals surface area contributed by atoms with E-state index in [1.165, 1.54) is 91.4 Å². The van der Waals surface area contributed by atoms with Gasteiger partial charge in [0.15, 0.2) is 0 Å². The lowest BCUT2D eigenvalue weighted by atomic mass is 10.4. The smallest absolute Gasteiger partial charge is 0.411 e. The molecular weight excluding hydrogens is 881 g/mol. The Kier molecular flexibility index (Phi) is 12.7. The fraction of sp³-hybridized carbons (Fsp3) is 1.00. The van der Waals surface area contributed by atoms with Gasteiger partial charge in [-0.3, -0.25) is 0 Å². The molecule has 6 heterocycles. The van der Waals surface area contributed by atoms with Crippen LogP contribution >= 0.6 is 0 Å². The quantitative estimate of drug-likeness (QED) is 0.126. The van der Waals surface area contributed by atoms with E-state index in [0.717, 1.165) is 13.2 Å². The van der Waals surface area contributed by atoms with Crippen molar-refractivity contribution in [2.24, 2.45) is 0 Å². The Morgan fingerprint density at radius 3 is 0.540 bits per heavy atom. The van der Waals surface area contributed by atoms with E-state index >= 15 is 0 Å². The van der Waals surface area contributed by atoms with E-state index in [0.29, 0.717) is 0 Å². The maximum Gasteiger partial charge on any atom is 0.653 e. The van der Waals surface area contributed by atoms with Crippen molar-refractivity contribution in [3.8, 4) is 0 Å². The van der Waals surface area contributed by atoms with Crippen LogP contribution in [0.15, 0.2) is 0 Å². The van der Waals surface area contributed by atoms with Crippen LogP contribution in [0.1, 0.15) is 12.8 Å². The Balaban J connectivity index is 0.00000103. The van der Waals surface area contributed by atoms with Gasteiger partial charge >= 0.3 is 106 Å². The van der Waals surface area contributed by atoms with Gasteiger partial charge in [0.1, 0.15) is 0 Å². The van der Waals surface area contributed by atoms with Gasteiger partial charge in [-0.25, -0.2) is 0 Å². The van der Waals surface area contributed by atoms with Crippen LogP contribution in [0.5, 0.6) is 0 Å². The summed E-state index contributed by atoms with van der Waals surface area (Å²) in [5.74, 6) is 0. The number of hydrogen-bond donors (Lipinski definition) is 6. The first-order valence-corrected chi connectivity index (χ1v) is 42.5. The Morgan fingerprint density at radius 2 is 0.460 bits per heavy atom. The fourth-order valence-corrected chi connectivity index (χ4v) is 49.7. The summed E-state index contributed by atoms with van der Waals surface area (Å²) >= 11 is 0. The van der Waals surface area contributed by atoms with Crippen molar-refractivity contribution in [1.82, 2.24) is 0 Å². The summed E-state index contributed by atoms with van der Waals surface area (Å²) in [7, 11) is -53.7. The van der Waals surface area contributed by atoms with Gasteiger partial charge in [0.2, 0.25) is 0 Å². The van der Waals surface area contributed by atoms with Crippen molar-refractivity contribution in [2.45, 2.75) is 91.4 Å². The molecule has 34 heteroatoms. The molecule has 0 aromatic rings.